The van der Waals surface area contributed by atoms with Crippen molar-refractivity contribution in [2.75, 3.05) is 19.0 Å². The molecule has 10 heteroatoms. The monoisotopic (exact) mass is 445 g/mol. The molecule has 1 aromatic carbocycles. The topological polar surface area (TPSA) is 108 Å². The molecule has 4 aromatic rings. The van der Waals surface area contributed by atoms with Crippen LogP contribution in [0.15, 0.2) is 43.0 Å². The Kier molecular flexibility index (Phi) is 5.04. The van der Waals surface area contributed by atoms with Gasteiger partial charge in [0.2, 0.25) is 5.91 Å². The normalized spacial score (nSPS) is 15.2. The molecule has 4 heterocycles. The van der Waals surface area contributed by atoms with Gasteiger partial charge in [-0.25, -0.2) is 0 Å². The average Bonchev–Trinajstić information content (AvgIpc) is 3.36. The van der Waals surface area contributed by atoms with Gasteiger partial charge in [0.25, 0.3) is 0 Å². The molecule has 0 bridgehead atoms. The van der Waals surface area contributed by atoms with Crippen LogP contribution in [0.1, 0.15) is 35.0 Å². The van der Waals surface area contributed by atoms with Crippen molar-refractivity contribution in [2.24, 2.45) is 0 Å². The molecule has 3 aromatic heterocycles. The summed E-state index contributed by atoms with van der Waals surface area (Å²) in [5.74, 6) is 2.60. The molecule has 0 spiro atoms. The number of amides is 1. The maximum atomic E-state index is 12.8. The number of aromatic nitrogens is 6. The van der Waals surface area contributed by atoms with Crippen LogP contribution >= 0.6 is 0 Å². The average molecular weight is 445 g/mol. The van der Waals surface area contributed by atoms with Crippen molar-refractivity contribution in [3.05, 3.63) is 65.6 Å². The van der Waals surface area contributed by atoms with Crippen molar-refractivity contribution >= 4 is 17.4 Å². The largest absolute Gasteiger partial charge is 0.493 e. The van der Waals surface area contributed by atoms with Crippen LogP contribution in [0.25, 0.3) is 11.5 Å². The van der Waals surface area contributed by atoms with Gasteiger partial charge in [-0.05, 0) is 32.0 Å². The number of carbonyl (C=O) groups is 1. The van der Waals surface area contributed by atoms with E-state index in [0.29, 0.717) is 41.2 Å². The van der Waals surface area contributed by atoms with Crippen molar-refractivity contribution in [1.29, 1.82) is 0 Å². The predicted molar refractivity (Wildman–Crippen MR) is 121 cm³/mol. The minimum absolute atomic E-state index is 0.118. The number of rotatable bonds is 6. The Balaban J connectivity index is 1.67. The third-order valence-electron chi connectivity index (χ3n) is 5.67. The fourth-order valence-electron chi connectivity index (χ4n) is 4.24. The van der Waals surface area contributed by atoms with E-state index in [4.69, 9.17) is 14.6 Å². The number of nitrogens with zero attached hydrogens (tertiary/aromatic N) is 6. The van der Waals surface area contributed by atoms with Gasteiger partial charge in [-0.1, -0.05) is 24.8 Å². The molecule has 1 N–H and O–H groups in total. The lowest BCUT2D eigenvalue weighted by atomic mass is 9.85. The first-order chi connectivity index (χ1) is 16.0. The number of para-hydroxylation sites is 1. The summed E-state index contributed by atoms with van der Waals surface area (Å²) in [5.41, 5.74) is 3.19. The molecule has 1 amide bonds. The van der Waals surface area contributed by atoms with Gasteiger partial charge in [0.15, 0.2) is 28.8 Å². The van der Waals surface area contributed by atoms with E-state index in [1.54, 1.807) is 28.4 Å². The van der Waals surface area contributed by atoms with Crippen molar-refractivity contribution in [1.82, 2.24) is 29.6 Å². The zero-order valence-corrected chi connectivity index (χ0v) is 18.6. The lowest BCUT2D eigenvalue weighted by Gasteiger charge is -2.26. The van der Waals surface area contributed by atoms with Crippen LogP contribution in [-0.2, 0) is 4.79 Å². The summed E-state index contributed by atoms with van der Waals surface area (Å²) in [6, 6.07) is 9.30. The van der Waals surface area contributed by atoms with Gasteiger partial charge in [-0.3, -0.25) is 4.79 Å². The van der Waals surface area contributed by atoms with E-state index in [9.17, 15) is 4.79 Å². The van der Waals surface area contributed by atoms with Crippen molar-refractivity contribution in [3.8, 4) is 17.3 Å². The summed E-state index contributed by atoms with van der Waals surface area (Å²) in [7, 11) is 1.59. The molecule has 168 valence electrons. The van der Waals surface area contributed by atoms with E-state index in [0.717, 1.165) is 16.8 Å². The van der Waals surface area contributed by atoms with E-state index in [2.05, 4.69) is 27.2 Å². The number of ether oxygens (including phenoxy) is 2. The summed E-state index contributed by atoms with van der Waals surface area (Å²) in [5, 5.41) is 20.5. The highest BCUT2D eigenvalue weighted by Gasteiger charge is 2.35. The highest BCUT2D eigenvalue weighted by atomic mass is 16.5. The molecule has 1 atom stereocenters. The molecule has 0 fully saturated rings. The first kappa shape index (κ1) is 20.7. The molecule has 1 aliphatic rings. The third-order valence-corrected chi connectivity index (χ3v) is 5.67. The highest BCUT2D eigenvalue weighted by Crippen LogP contribution is 2.45. The Morgan fingerprint density at radius 3 is 2.85 bits per heavy atom. The van der Waals surface area contributed by atoms with Gasteiger partial charge in [-0.2, -0.15) is 14.3 Å². The summed E-state index contributed by atoms with van der Waals surface area (Å²) >= 11 is 0. The first-order valence-electron chi connectivity index (χ1n) is 10.5. The minimum Gasteiger partial charge on any atom is -0.493 e. The smallest absolute Gasteiger partial charge is 0.226 e. The van der Waals surface area contributed by atoms with Gasteiger partial charge in [0.1, 0.15) is 12.4 Å². The van der Waals surface area contributed by atoms with Gasteiger partial charge >= 0.3 is 0 Å². The van der Waals surface area contributed by atoms with Crippen LogP contribution in [-0.4, -0.2) is 49.2 Å². The zero-order valence-electron chi connectivity index (χ0n) is 18.6. The van der Waals surface area contributed by atoms with Crippen molar-refractivity contribution in [3.63, 3.8) is 0 Å². The Morgan fingerprint density at radius 2 is 2.06 bits per heavy atom. The second-order valence-electron chi connectivity index (χ2n) is 7.75. The quantitative estimate of drug-likeness (QED) is 0.455. The van der Waals surface area contributed by atoms with Gasteiger partial charge in [0, 0.05) is 23.5 Å². The number of fused-ring (bicyclic) bond motifs is 2. The second kappa shape index (κ2) is 8.05. The maximum Gasteiger partial charge on any atom is 0.226 e. The van der Waals surface area contributed by atoms with E-state index in [1.165, 1.54) is 0 Å². The molecular weight excluding hydrogens is 422 g/mol. The van der Waals surface area contributed by atoms with Crippen LogP contribution in [0.4, 0.5) is 5.82 Å². The third kappa shape index (κ3) is 3.39. The van der Waals surface area contributed by atoms with E-state index < -0.39 is 0 Å². The molecular formula is C23H23N7O3. The Labute approximate surface area is 189 Å². The Morgan fingerprint density at radius 1 is 1.21 bits per heavy atom. The van der Waals surface area contributed by atoms with Crippen LogP contribution < -0.4 is 14.8 Å². The number of carbonyl (C=O) groups excluding carboxylic acids is 1. The fourth-order valence-corrected chi connectivity index (χ4v) is 4.24. The fraction of sp³-hybridized carbons (Fsp3) is 0.261. The molecule has 10 nitrogen and oxygen atoms in total. The van der Waals surface area contributed by atoms with Crippen LogP contribution in [0, 0.1) is 13.8 Å². The molecule has 5 rings (SSSR count). The zero-order chi connectivity index (χ0) is 23.1. The highest BCUT2D eigenvalue weighted by molar-refractivity contribution is 5.95. The predicted octanol–water partition coefficient (Wildman–Crippen LogP) is 2.97. The standard InChI is InChI=1S/C23H23N7O3/c1-5-11-33-22-15(7-6-8-17(22)32-4)16-12-20(31)24-23-21(16)13(2)27-30(23)19-10-9-18-26-25-14(3)29(18)28-19/h5-10,16H,1,11-12H2,2-4H3,(H,24,31)/t16-/m0/s1. The summed E-state index contributed by atoms with van der Waals surface area (Å²) in [6.45, 7) is 7.80. The van der Waals surface area contributed by atoms with Crippen LogP contribution in [0.2, 0.25) is 0 Å². The lowest BCUT2D eigenvalue weighted by molar-refractivity contribution is -0.116. The number of benzene rings is 1. The van der Waals surface area contributed by atoms with Crippen LogP contribution in [0.5, 0.6) is 11.5 Å². The lowest BCUT2D eigenvalue weighted by Crippen LogP contribution is -2.25. The molecule has 0 unspecified atom stereocenters. The van der Waals surface area contributed by atoms with E-state index in [-0.39, 0.29) is 18.2 Å². The van der Waals surface area contributed by atoms with Gasteiger partial charge in [-0.15, -0.1) is 15.3 Å². The Hall–Kier alpha value is -4.21. The number of aryl methyl sites for hydroxylation is 2. The SMILES string of the molecule is C=CCOc1c(OC)cccc1[C@@H]1CC(=O)Nc2c1c(C)nn2-c1ccc2nnc(C)n2n1. The minimum atomic E-state index is -0.266. The number of nitrogens with one attached hydrogen (secondary N) is 1. The van der Waals surface area contributed by atoms with E-state index in [1.807, 2.05) is 38.1 Å². The second-order valence-corrected chi connectivity index (χ2v) is 7.75. The van der Waals surface area contributed by atoms with Gasteiger partial charge < -0.3 is 14.8 Å². The summed E-state index contributed by atoms with van der Waals surface area (Å²) < 4.78 is 14.8. The summed E-state index contributed by atoms with van der Waals surface area (Å²) in [6.07, 6.45) is 1.93. The molecule has 0 saturated carbocycles. The van der Waals surface area contributed by atoms with Crippen molar-refractivity contribution < 1.29 is 14.3 Å². The number of anilines is 1. The molecule has 0 radical (unpaired) electrons. The van der Waals surface area contributed by atoms with Crippen molar-refractivity contribution in [2.45, 2.75) is 26.2 Å². The summed E-state index contributed by atoms with van der Waals surface area (Å²) in [4.78, 5) is 12.8. The molecule has 1 aliphatic heterocycles. The van der Waals surface area contributed by atoms with E-state index >= 15 is 0 Å². The van der Waals surface area contributed by atoms with Crippen LogP contribution in [0.3, 0.4) is 0 Å². The molecule has 0 saturated heterocycles. The number of hydrogen-bond acceptors (Lipinski definition) is 7. The number of methoxy groups -OCH3 is 1. The Bertz CT molecular complexity index is 1390. The van der Waals surface area contributed by atoms with Gasteiger partial charge in [0.05, 0.1) is 12.8 Å². The first-order valence-corrected chi connectivity index (χ1v) is 10.5. The molecule has 0 aliphatic carbocycles. The maximum absolute atomic E-state index is 12.8. The number of hydrogen-bond donors (Lipinski definition) is 1. The molecule has 33 heavy (non-hydrogen) atoms.